The molecule has 17 heavy (non-hydrogen) atoms. The van der Waals surface area contributed by atoms with Gasteiger partial charge in [-0.05, 0) is 25.0 Å². The minimum Gasteiger partial charge on any atom is -0.489 e. The molecule has 0 spiro atoms. The molecule has 4 heteroatoms. The van der Waals surface area contributed by atoms with Gasteiger partial charge in [0.15, 0.2) is 11.5 Å². The summed E-state index contributed by atoms with van der Waals surface area (Å²) < 4.78 is 11.3. The Bertz CT molecular complexity index is 416. The zero-order chi connectivity index (χ0) is 12.4. The molecule has 0 saturated heterocycles. The Hall–Kier alpha value is -0.930. The van der Waals surface area contributed by atoms with Crippen molar-refractivity contribution in [3.63, 3.8) is 0 Å². The monoisotopic (exact) mass is 256 g/mol. The van der Waals surface area contributed by atoms with Crippen LogP contribution in [-0.2, 0) is 6.42 Å². The third-order valence-electron chi connectivity index (χ3n) is 2.91. The number of halogens is 1. The Kier molecular flexibility index (Phi) is 3.79. The largest absolute Gasteiger partial charge is 0.489 e. The molecule has 0 radical (unpaired) electrons. The first kappa shape index (κ1) is 12.5. The zero-order valence-electron chi connectivity index (χ0n) is 10.1. The highest BCUT2D eigenvalue weighted by Gasteiger charge is 2.22. The van der Waals surface area contributed by atoms with Crippen LogP contribution in [0.2, 0.25) is 5.02 Å². The number of fused-ring (bicyclic) bond motifs is 1. The fraction of sp³-hybridized carbons (Fsp3) is 0.538. The summed E-state index contributed by atoms with van der Waals surface area (Å²) in [5.74, 6) is 1.32. The first-order valence-corrected chi connectivity index (χ1v) is 6.31. The van der Waals surface area contributed by atoms with E-state index in [9.17, 15) is 5.11 Å². The molecule has 0 aliphatic carbocycles. The number of aliphatic hydroxyl groups is 1. The topological polar surface area (TPSA) is 38.7 Å². The van der Waals surface area contributed by atoms with Gasteiger partial charge in [0.1, 0.15) is 0 Å². The summed E-state index contributed by atoms with van der Waals surface area (Å²) in [5.41, 5.74) is 1.81. The summed E-state index contributed by atoms with van der Waals surface area (Å²) in [7, 11) is 0. The van der Waals surface area contributed by atoms with Gasteiger partial charge in [0.2, 0.25) is 0 Å². The molecular formula is C13H17ClO3. The van der Waals surface area contributed by atoms with E-state index in [1.807, 2.05) is 6.92 Å². The van der Waals surface area contributed by atoms with Crippen molar-refractivity contribution >= 4 is 11.6 Å². The molecule has 3 nitrogen and oxygen atoms in total. The summed E-state index contributed by atoms with van der Waals surface area (Å²) >= 11 is 6.18. The summed E-state index contributed by atoms with van der Waals surface area (Å²) in [5, 5.41) is 10.3. The van der Waals surface area contributed by atoms with Gasteiger partial charge in [-0.3, -0.25) is 0 Å². The fourth-order valence-corrected chi connectivity index (χ4v) is 2.36. The Morgan fingerprint density at radius 1 is 1.35 bits per heavy atom. The second kappa shape index (κ2) is 5.15. The standard InChI is InChI=1S/C13H17ClO3/c1-3-9-10(8(2)15)7-11(14)13-12(9)16-5-4-6-17-13/h7-8,15H,3-6H2,1-2H3. The van der Waals surface area contributed by atoms with E-state index in [0.29, 0.717) is 29.7 Å². The number of hydrogen-bond acceptors (Lipinski definition) is 3. The predicted octanol–water partition coefficient (Wildman–Crippen LogP) is 3.12. The zero-order valence-corrected chi connectivity index (χ0v) is 10.9. The maximum absolute atomic E-state index is 9.78. The third kappa shape index (κ3) is 2.35. The number of ether oxygens (including phenoxy) is 2. The third-order valence-corrected chi connectivity index (χ3v) is 3.19. The molecule has 1 atom stereocenters. The van der Waals surface area contributed by atoms with Crippen molar-refractivity contribution in [2.75, 3.05) is 13.2 Å². The van der Waals surface area contributed by atoms with Gasteiger partial charge >= 0.3 is 0 Å². The van der Waals surface area contributed by atoms with E-state index in [0.717, 1.165) is 24.0 Å². The molecule has 1 heterocycles. The van der Waals surface area contributed by atoms with Crippen LogP contribution in [0.1, 0.15) is 37.5 Å². The van der Waals surface area contributed by atoms with Crippen LogP contribution in [0.25, 0.3) is 0 Å². The molecule has 0 aromatic heterocycles. The Labute approximate surface area is 106 Å². The fourth-order valence-electron chi connectivity index (χ4n) is 2.10. The van der Waals surface area contributed by atoms with E-state index in [2.05, 4.69) is 0 Å². The molecule has 0 amide bonds. The Morgan fingerprint density at radius 2 is 2.00 bits per heavy atom. The van der Waals surface area contributed by atoms with E-state index < -0.39 is 6.10 Å². The first-order chi connectivity index (χ1) is 8.15. The molecule has 1 aliphatic rings. The highest BCUT2D eigenvalue weighted by molar-refractivity contribution is 6.32. The van der Waals surface area contributed by atoms with Crippen LogP contribution < -0.4 is 9.47 Å². The maximum Gasteiger partial charge on any atom is 0.180 e. The van der Waals surface area contributed by atoms with Crippen LogP contribution in [0.4, 0.5) is 0 Å². The van der Waals surface area contributed by atoms with Gasteiger partial charge in [0, 0.05) is 12.0 Å². The molecular weight excluding hydrogens is 240 g/mol. The van der Waals surface area contributed by atoms with E-state index in [1.54, 1.807) is 13.0 Å². The maximum atomic E-state index is 9.78. The van der Waals surface area contributed by atoms with Crippen molar-refractivity contribution in [2.45, 2.75) is 32.8 Å². The van der Waals surface area contributed by atoms with Crippen LogP contribution >= 0.6 is 11.6 Å². The molecule has 1 aliphatic heterocycles. The molecule has 1 aromatic carbocycles. The van der Waals surface area contributed by atoms with Gasteiger partial charge in [-0.2, -0.15) is 0 Å². The van der Waals surface area contributed by atoms with Gasteiger partial charge in [-0.1, -0.05) is 18.5 Å². The molecule has 1 aromatic rings. The molecule has 1 unspecified atom stereocenters. The predicted molar refractivity (Wildman–Crippen MR) is 67.1 cm³/mol. The average Bonchev–Trinajstić information content (AvgIpc) is 2.54. The van der Waals surface area contributed by atoms with E-state index in [-0.39, 0.29) is 0 Å². The van der Waals surface area contributed by atoms with Gasteiger partial charge in [-0.25, -0.2) is 0 Å². The normalized spacial score (nSPS) is 16.5. The van der Waals surface area contributed by atoms with Gasteiger partial charge in [0.05, 0.1) is 24.3 Å². The molecule has 0 saturated carbocycles. The highest BCUT2D eigenvalue weighted by atomic mass is 35.5. The van der Waals surface area contributed by atoms with Gasteiger partial charge in [0.25, 0.3) is 0 Å². The minimum atomic E-state index is -0.556. The van der Waals surface area contributed by atoms with E-state index >= 15 is 0 Å². The lowest BCUT2D eigenvalue weighted by Crippen LogP contribution is -2.03. The van der Waals surface area contributed by atoms with Crippen LogP contribution in [0.3, 0.4) is 0 Å². The SMILES string of the molecule is CCc1c(C(C)O)cc(Cl)c2c1OCCCO2. The first-order valence-electron chi connectivity index (χ1n) is 5.94. The smallest absolute Gasteiger partial charge is 0.180 e. The Morgan fingerprint density at radius 3 is 2.59 bits per heavy atom. The minimum absolute atomic E-state index is 0.509. The summed E-state index contributed by atoms with van der Waals surface area (Å²) in [4.78, 5) is 0. The Balaban J connectivity index is 2.60. The van der Waals surface area contributed by atoms with Crippen LogP contribution in [0.15, 0.2) is 6.07 Å². The quantitative estimate of drug-likeness (QED) is 0.884. The van der Waals surface area contributed by atoms with Crippen molar-refractivity contribution in [2.24, 2.45) is 0 Å². The van der Waals surface area contributed by atoms with Crippen LogP contribution in [0.5, 0.6) is 11.5 Å². The summed E-state index contributed by atoms with van der Waals surface area (Å²) in [6, 6.07) is 1.78. The lowest BCUT2D eigenvalue weighted by Gasteiger charge is -2.18. The lowest BCUT2D eigenvalue weighted by molar-refractivity contribution is 0.197. The summed E-state index contributed by atoms with van der Waals surface area (Å²) in [6.45, 7) is 5.00. The molecule has 0 fully saturated rings. The van der Waals surface area contributed by atoms with E-state index in [4.69, 9.17) is 21.1 Å². The van der Waals surface area contributed by atoms with Crippen LogP contribution in [-0.4, -0.2) is 18.3 Å². The molecule has 2 rings (SSSR count). The number of hydrogen-bond donors (Lipinski definition) is 1. The van der Waals surface area contributed by atoms with Crippen molar-refractivity contribution in [3.8, 4) is 11.5 Å². The van der Waals surface area contributed by atoms with Crippen molar-refractivity contribution in [3.05, 3.63) is 22.2 Å². The molecule has 1 N–H and O–H groups in total. The number of benzene rings is 1. The summed E-state index contributed by atoms with van der Waals surface area (Å²) in [6.07, 6.45) is 1.07. The number of rotatable bonds is 2. The second-order valence-corrected chi connectivity index (χ2v) is 4.57. The molecule has 0 bridgehead atoms. The van der Waals surface area contributed by atoms with Gasteiger partial charge in [-0.15, -0.1) is 0 Å². The van der Waals surface area contributed by atoms with Gasteiger partial charge < -0.3 is 14.6 Å². The highest BCUT2D eigenvalue weighted by Crippen LogP contribution is 2.43. The second-order valence-electron chi connectivity index (χ2n) is 4.16. The lowest BCUT2D eigenvalue weighted by atomic mass is 9.99. The average molecular weight is 257 g/mol. The van der Waals surface area contributed by atoms with Crippen molar-refractivity contribution < 1.29 is 14.6 Å². The molecule has 94 valence electrons. The van der Waals surface area contributed by atoms with E-state index in [1.165, 1.54) is 0 Å². The van der Waals surface area contributed by atoms with Crippen molar-refractivity contribution in [1.82, 2.24) is 0 Å². The van der Waals surface area contributed by atoms with Crippen molar-refractivity contribution in [1.29, 1.82) is 0 Å². The number of aliphatic hydroxyl groups excluding tert-OH is 1. The van der Waals surface area contributed by atoms with Crippen LogP contribution in [0, 0.1) is 0 Å².